The maximum absolute atomic E-state index is 13.2. The summed E-state index contributed by atoms with van der Waals surface area (Å²) in [4.78, 5) is 15.4. The van der Waals surface area contributed by atoms with Crippen LogP contribution in [0.3, 0.4) is 0 Å². The molecule has 0 amide bonds. The molecule has 1 aliphatic rings. The number of tetrazole rings is 1. The minimum absolute atomic E-state index is 0.305. The zero-order valence-electron chi connectivity index (χ0n) is 16.7. The normalized spacial score (nSPS) is 15.2. The fraction of sp³-hybridized carbons (Fsp3) is 0.350. The van der Waals surface area contributed by atoms with E-state index < -0.39 is 0 Å². The van der Waals surface area contributed by atoms with Crippen LogP contribution in [-0.2, 0) is 11.3 Å². The summed E-state index contributed by atoms with van der Waals surface area (Å²) < 4.78 is 18.7. The molecule has 1 saturated heterocycles. The molecule has 0 bridgehead atoms. The molecule has 5 rings (SSSR count). The first-order valence-electron chi connectivity index (χ1n) is 9.71. The van der Waals surface area contributed by atoms with E-state index >= 15 is 0 Å². The number of morpholine rings is 1. The molecule has 0 aliphatic carbocycles. The highest BCUT2D eigenvalue weighted by Gasteiger charge is 2.20. The van der Waals surface area contributed by atoms with E-state index in [0.29, 0.717) is 23.8 Å². The molecule has 0 atom stereocenters. The van der Waals surface area contributed by atoms with E-state index in [1.54, 1.807) is 23.5 Å². The molecule has 1 aromatic carbocycles. The number of benzene rings is 1. The van der Waals surface area contributed by atoms with E-state index in [4.69, 9.17) is 14.7 Å². The van der Waals surface area contributed by atoms with Crippen molar-refractivity contribution < 1.29 is 9.13 Å². The highest BCUT2D eigenvalue weighted by Crippen LogP contribution is 2.32. The molecule has 4 aromatic rings. The topological polar surface area (TPSA) is 81.9 Å². The maximum atomic E-state index is 13.2. The molecular formula is C20H20FN7OS. The number of aromatic nitrogens is 6. The fourth-order valence-corrected chi connectivity index (χ4v) is 4.51. The second kappa shape index (κ2) is 7.78. The Morgan fingerprint density at radius 3 is 2.63 bits per heavy atom. The van der Waals surface area contributed by atoms with Crippen molar-refractivity contribution >= 4 is 21.6 Å². The van der Waals surface area contributed by atoms with Crippen LogP contribution in [0.4, 0.5) is 4.39 Å². The number of nitrogens with zero attached hydrogens (tertiary/aromatic N) is 7. The molecular weight excluding hydrogens is 405 g/mol. The van der Waals surface area contributed by atoms with Crippen LogP contribution in [0.1, 0.15) is 16.3 Å². The van der Waals surface area contributed by atoms with Crippen LogP contribution in [0, 0.1) is 19.7 Å². The maximum Gasteiger partial charge on any atom is 0.205 e. The summed E-state index contributed by atoms with van der Waals surface area (Å²) >= 11 is 1.64. The number of thiophene rings is 1. The SMILES string of the molecule is Cc1sc2nc(CN3CCOCC3)nc(-n3nnc(-c4ccc(F)cc4)n3)c2c1C. The van der Waals surface area contributed by atoms with Crippen LogP contribution in [0.15, 0.2) is 24.3 Å². The van der Waals surface area contributed by atoms with Gasteiger partial charge in [-0.3, -0.25) is 4.90 Å². The number of rotatable bonds is 4. The summed E-state index contributed by atoms with van der Waals surface area (Å²) in [6, 6.07) is 6.03. The molecule has 1 fully saturated rings. The summed E-state index contributed by atoms with van der Waals surface area (Å²) in [5.41, 5.74) is 1.81. The third kappa shape index (κ3) is 3.57. The van der Waals surface area contributed by atoms with E-state index in [-0.39, 0.29) is 5.82 Å². The molecule has 0 unspecified atom stereocenters. The Labute approximate surface area is 176 Å². The van der Waals surface area contributed by atoms with Gasteiger partial charge in [0.05, 0.1) is 25.1 Å². The van der Waals surface area contributed by atoms with Crippen molar-refractivity contribution in [1.82, 2.24) is 35.1 Å². The second-order valence-corrected chi connectivity index (χ2v) is 8.43. The standard InChI is InChI=1S/C20H20FN7OS/c1-12-13(2)30-20-17(12)19(22-16(23-20)11-27-7-9-29-10-8-27)28-25-18(24-26-28)14-3-5-15(21)6-4-14/h3-6H,7-11H2,1-2H3. The van der Waals surface area contributed by atoms with E-state index in [2.05, 4.69) is 34.2 Å². The van der Waals surface area contributed by atoms with Crippen molar-refractivity contribution in [2.45, 2.75) is 20.4 Å². The average molecular weight is 425 g/mol. The quantitative estimate of drug-likeness (QED) is 0.497. The Morgan fingerprint density at radius 2 is 1.87 bits per heavy atom. The van der Waals surface area contributed by atoms with Crippen molar-refractivity contribution in [2.24, 2.45) is 0 Å². The number of fused-ring (bicyclic) bond motifs is 1. The van der Waals surface area contributed by atoms with Gasteiger partial charge in [0.1, 0.15) is 16.5 Å². The van der Waals surface area contributed by atoms with Crippen LogP contribution in [0.25, 0.3) is 27.4 Å². The summed E-state index contributed by atoms with van der Waals surface area (Å²) in [6.45, 7) is 7.93. The summed E-state index contributed by atoms with van der Waals surface area (Å²) in [7, 11) is 0. The molecule has 0 spiro atoms. The Balaban J connectivity index is 1.57. The summed E-state index contributed by atoms with van der Waals surface area (Å²) in [5, 5.41) is 13.9. The van der Waals surface area contributed by atoms with Crippen molar-refractivity contribution in [1.29, 1.82) is 0 Å². The molecule has 0 N–H and O–H groups in total. The van der Waals surface area contributed by atoms with Crippen molar-refractivity contribution in [3.63, 3.8) is 0 Å². The van der Waals surface area contributed by atoms with Crippen molar-refractivity contribution in [3.8, 4) is 17.2 Å². The first-order chi connectivity index (χ1) is 14.6. The first-order valence-corrected chi connectivity index (χ1v) is 10.5. The lowest BCUT2D eigenvalue weighted by atomic mass is 10.2. The lowest BCUT2D eigenvalue weighted by molar-refractivity contribution is 0.0331. The third-order valence-electron chi connectivity index (χ3n) is 5.23. The molecule has 4 heterocycles. The lowest BCUT2D eigenvalue weighted by Crippen LogP contribution is -2.36. The lowest BCUT2D eigenvalue weighted by Gasteiger charge is -2.25. The fourth-order valence-electron chi connectivity index (χ4n) is 3.46. The molecule has 30 heavy (non-hydrogen) atoms. The average Bonchev–Trinajstić information content (AvgIpc) is 3.34. The highest BCUT2D eigenvalue weighted by molar-refractivity contribution is 7.18. The highest BCUT2D eigenvalue weighted by atomic mass is 32.1. The van der Waals surface area contributed by atoms with Gasteiger partial charge >= 0.3 is 0 Å². The largest absolute Gasteiger partial charge is 0.379 e. The van der Waals surface area contributed by atoms with Crippen LogP contribution < -0.4 is 0 Å². The number of hydrogen-bond donors (Lipinski definition) is 0. The van der Waals surface area contributed by atoms with Crippen molar-refractivity contribution in [2.75, 3.05) is 26.3 Å². The molecule has 154 valence electrons. The van der Waals surface area contributed by atoms with E-state index in [1.165, 1.54) is 21.8 Å². The Kier molecular flexibility index (Phi) is 4.97. The van der Waals surface area contributed by atoms with Gasteiger partial charge in [0, 0.05) is 23.5 Å². The van der Waals surface area contributed by atoms with E-state index in [0.717, 1.165) is 47.9 Å². The van der Waals surface area contributed by atoms with Crippen LogP contribution in [0.5, 0.6) is 0 Å². The second-order valence-electron chi connectivity index (χ2n) is 7.22. The number of ether oxygens (including phenoxy) is 1. The third-order valence-corrected chi connectivity index (χ3v) is 6.33. The van der Waals surface area contributed by atoms with Gasteiger partial charge in [-0.2, -0.15) is 0 Å². The smallest absolute Gasteiger partial charge is 0.205 e. The zero-order valence-corrected chi connectivity index (χ0v) is 17.5. The monoisotopic (exact) mass is 425 g/mol. The van der Waals surface area contributed by atoms with Gasteiger partial charge in [-0.15, -0.1) is 26.3 Å². The Morgan fingerprint density at radius 1 is 1.10 bits per heavy atom. The molecule has 8 nitrogen and oxygen atoms in total. The minimum Gasteiger partial charge on any atom is -0.379 e. The van der Waals surface area contributed by atoms with E-state index in [9.17, 15) is 4.39 Å². The number of halogens is 1. The number of hydrogen-bond acceptors (Lipinski definition) is 8. The predicted octanol–water partition coefficient (Wildman–Crippen LogP) is 2.92. The summed E-state index contributed by atoms with van der Waals surface area (Å²) in [6.07, 6.45) is 0. The minimum atomic E-state index is -0.305. The van der Waals surface area contributed by atoms with Gasteiger partial charge in [0.2, 0.25) is 5.82 Å². The predicted molar refractivity (Wildman–Crippen MR) is 111 cm³/mol. The van der Waals surface area contributed by atoms with Crippen LogP contribution in [0.2, 0.25) is 0 Å². The summed E-state index contributed by atoms with van der Waals surface area (Å²) in [5.74, 6) is 1.45. The van der Waals surface area contributed by atoms with Gasteiger partial charge in [-0.25, -0.2) is 14.4 Å². The van der Waals surface area contributed by atoms with Crippen LogP contribution >= 0.6 is 11.3 Å². The molecule has 0 saturated carbocycles. The molecule has 10 heteroatoms. The van der Waals surface area contributed by atoms with Gasteiger partial charge in [0.25, 0.3) is 0 Å². The molecule has 0 radical (unpaired) electrons. The van der Waals surface area contributed by atoms with Gasteiger partial charge < -0.3 is 4.74 Å². The van der Waals surface area contributed by atoms with Gasteiger partial charge in [-0.1, -0.05) is 0 Å². The van der Waals surface area contributed by atoms with Gasteiger partial charge in [0.15, 0.2) is 5.82 Å². The van der Waals surface area contributed by atoms with Crippen molar-refractivity contribution in [3.05, 3.63) is 46.3 Å². The first kappa shape index (κ1) is 19.2. The van der Waals surface area contributed by atoms with Gasteiger partial charge in [-0.05, 0) is 48.9 Å². The van der Waals surface area contributed by atoms with Crippen LogP contribution in [-0.4, -0.2) is 61.4 Å². The zero-order chi connectivity index (χ0) is 20.7. The molecule has 1 aliphatic heterocycles. The molecule has 3 aromatic heterocycles. The Bertz CT molecular complexity index is 1200. The van der Waals surface area contributed by atoms with E-state index in [1.807, 2.05) is 0 Å². The number of aryl methyl sites for hydroxylation is 2. The Hall–Kier alpha value is -2.82.